The van der Waals surface area contributed by atoms with Crippen molar-refractivity contribution in [2.24, 2.45) is 5.10 Å². The third-order valence-corrected chi connectivity index (χ3v) is 4.49. The van der Waals surface area contributed by atoms with Crippen LogP contribution in [0.2, 0.25) is 0 Å². The minimum atomic E-state index is -0.412. The van der Waals surface area contributed by atoms with Crippen molar-refractivity contribution in [2.45, 2.75) is 0 Å². The highest BCUT2D eigenvalue weighted by Crippen LogP contribution is 2.32. The average molecular weight is 382 g/mol. The van der Waals surface area contributed by atoms with Gasteiger partial charge in [-0.2, -0.15) is 10.4 Å². The van der Waals surface area contributed by atoms with Crippen LogP contribution in [0.4, 0.5) is 4.39 Å². The second-order valence-corrected chi connectivity index (χ2v) is 6.36. The Balaban J connectivity index is 1.65. The summed E-state index contributed by atoms with van der Waals surface area (Å²) in [6.07, 6.45) is 1.50. The molecule has 0 bridgehead atoms. The van der Waals surface area contributed by atoms with Gasteiger partial charge in [-0.3, -0.25) is 4.79 Å². The number of hydrazone groups is 1. The minimum Gasteiger partial charge on any atom is -0.350 e. The van der Waals surface area contributed by atoms with Crippen LogP contribution in [-0.4, -0.2) is 17.1 Å². The van der Waals surface area contributed by atoms with Crippen molar-refractivity contribution in [1.29, 1.82) is 5.26 Å². The lowest BCUT2D eigenvalue weighted by Crippen LogP contribution is -2.18. The maximum Gasteiger partial charge on any atom is 0.288 e. The Morgan fingerprint density at radius 3 is 2.48 bits per heavy atom. The lowest BCUT2D eigenvalue weighted by atomic mass is 10.0. The Kier molecular flexibility index (Phi) is 4.87. The number of para-hydroxylation sites is 1. The third-order valence-electron chi connectivity index (χ3n) is 4.49. The SMILES string of the molecule is N#Cc1ccc(/C=N\NC(=O)c2[nH]c3ccccc3c2-c2ccc(F)cc2)cc1. The van der Waals surface area contributed by atoms with Gasteiger partial charge in [0.1, 0.15) is 11.5 Å². The second-order valence-electron chi connectivity index (χ2n) is 6.36. The van der Waals surface area contributed by atoms with E-state index in [1.54, 1.807) is 36.4 Å². The number of fused-ring (bicyclic) bond motifs is 1. The van der Waals surface area contributed by atoms with Gasteiger partial charge in [0.2, 0.25) is 0 Å². The van der Waals surface area contributed by atoms with E-state index >= 15 is 0 Å². The standard InChI is InChI=1S/C23H15FN4O/c24-18-11-9-17(10-12-18)21-19-3-1-2-4-20(19)27-22(21)23(29)28-26-14-16-7-5-15(13-25)6-8-16/h1-12,14,27H,(H,28,29)/b26-14-. The van der Waals surface area contributed by atoms with Crippen LogP contribution < -0.4 is 5.43 Å². The molecule has 0 saturated heterocycles. The molecule has 6 heteroatoms. The molecule has 1 aromatic heterocycles. The summed E-state index contributed by atoms with van der Waals surface area (Å²) in [5.41, 5.74) is 6.37. The summed E-state index contributed by atoms with van der Waals surface area (Å²) in [4.78, 5) is 15.9. The second kappa shape index (κ2) is 7.79. The molecule has 0 unspecified atom stereocenters. The van der Waals surface area contributed by atoms with Gasteiger partial charge in [-0.25, -0.2) is 9.82 Å². The van der Waals surface area contributed by atoms with E-state index in [0.29, 0.717) is 16.8 Å². The van der Waals surface area contributed by atoms with E-state index in [2.05, 4.69) is 15.5 Å². The molecule has 2 N–H and O–H groups in total. The van der Waals surface area contributed by atoms with Crippen molar-refractivity contribution in [2.75, 3.05) is 0 Å². The van der Waals surface area contributed by atoms with E-state index in [4.69, 9.17) is 5.26 Å². The molecule has 0 aliphatic rings. The number of H-pyrrole nitrogens is 1. The number of hydrogen-bond acceptors (Lipinski definition) is 3. The number of hydrogen-bond donors (Lipinski definition) is 2. The largest absolute Gasteiger partial charge is 0.350 e. The first kappa shape index (κ1) is 18.1. The number of nitrogens with zero attached hydrogens (tertiary/aromatic N) is 2. The zero-order chi connectivity index (χ0) is 20.2. The molecule has 0 aliphatic heterocycles. The van der Waals surface area contributed by atoms with Crippen molar-refractivity contribution in [3.05, 3.63) is 95.4 Å². The van der Waals surface area contributed by atoms with Gasteiger partial charge in [0.25, 0.3) is 5.91 Å². The van der Waals surface area contributed by atoms with Crippen LogP contribution in [-0.2, 0) is 0 Å². The smallest absolute Gasteiger partial charge is 0.288 e. The molecule has 0 atom stereocenters. The molecule has 0 spiro atoms. The lowest BCUT2D eigenvalue weighted by Gasteiger charge is -2.04. The van der Waals surface area contributed by atoms with E-state index in [0.717, 1.165) is 22.0 Å². The molecule has 140 valence electrons. The van der Waals surface area contributed by atoms with Crippen LogP contribution in [0.25, 0.3) is 22.0 Å². The van der Waals surface area contributed by atoms with E-state index in [9.17, 15) is 9.18 Å². The Labute approximate surface area is 166 Å². The summed E-state index contributed by atoms with van der Waals surface area (Å²) in [6.45, 7) is 0. The van der Waals surface area contributed by atoms with E-state index in [-0.39, 0.29) is 5.82 Å². The molecular weight excluding hydrogens is 367 g/mol. The molecule has 0 radical (unpaired) electrons. The van der Waals surface area contributed by atoms with Gasteiger partial charge in [-0.1, -0.05) is 42.5 Å². The molecular formula is C23H15FN4O. The van der Waals surface area contributed by atoms with Crippen LogP contribution in [0.5, 0.6) is 0 Å². The zero-order valence-corrected chi connectivity index (χ0v) is 15.2. The van der Waals surface area contributed by atoms with Gasteiger partial charge in [-0.15, -0.1) is 0 Å². The van der Waals surface area contributed by atoms with Crippen LogP contribution in [0, 0.1) is 17.1 Å². The molecule has 1 heterocycles. The van der Waals surface area contributed by atoms with Gasteiger partial charge in [-0.05, 0) is 41.5 Å². The van der Waals surface area contributed by atoms with E-state index < -0.39 is 5.91 Å². The molecule has 1 amide bonds. The number of carbonyl (C=O) groups is 1. The molecule has 0 aliphatic carbocycles. The first-order valence-electron chi connectivity index (χ1n) is 8.86. The Bertz CT molecular complexity index is 1250. The fraction of sp³-hybridized carbons (Fsp3) is 0. The van der Waals surface area contributed by atoms with Crippen LogP contribution in [0.15, 0.2) is 77.9 Å². The van der Waals surface area contributed by atoms with Crippen LogP contribution in [0.1, 0.15) is 21.6 Å². The highest BCUT2D eigenvalue weighted by molar-refractivity contribution is 6.09. The number of benzene rings is 3. The normalized spacial score (nSPS) is 10.9. The quantitative estimate of drug-likeness (QED) is 0.399. The van der Waals surface area contributed by atoms with Crippen molar-refractivity contribution in [3.8, 4) is 17.2 Å². The predicted octanol–water partition coefficient (Wildman–Crippen LogP) is 4.61. The minimum absolute atomic E-state index is 0.341. The number of rotatable bonds is 4. The number of halogens is 1. The molecule has 29 heavy (non-hydrogen) atoms. The molecule has 5 nitrogen and oxygen atoms in total. The fourth-order valence-corrected chi connectivity index (χ4v) is 3.09. The first-order valence-corrected chi connectivity index (χ1v) is 8.86. The van der Waals surface area contributed by atoms with Gasteiger partial charge < -0.3 is 4.98 Å². The molecule has 3 aromatic carbocycles. The number of aromatic amines is 1. The van der Waals surface area contributed by atoms with Gasteiger partial charge >= 0.3 is 0 Å². The Morgan fingerprint density at radius 1 is 1.03 bits per heavy atom. The fourth-order valence-electron chi connectivity index (χ4n) is 3.09. The Hall–Kier alpha value is -4.24. The Morgan fingerprint density at radius 2 is 1.76 bits per heavy atom. The maximum absolute atomic E-state index is 13.4. The monoisotopic (exact) mass is 382 g/mol. The number of amides is 1. The summed E-state index contributed by atoms with van der Waals surface area (Å²) < 4.78 is 13.4. The third kappa shape index (κ3) is 3.75. The highest BCUT2D eigenvalue weighted by Gasteiger charge is 2.18. The lowest BCUT2D eigenvalue weighted by molar-refractivity contribution is 0.0951. The summed E-state index contributed by atoms with van der Waals surface area (Å²) in [5.74, 6) is -0.753. The van der Waals surface area contributed by atoms with Crippen molar-refractivity contribution >= 4 is 23.0 Å². The van der Waals surface area contributed by atoms with Crippen molar-refractivity contribution in [3.63, 3.8) is 0 Å². The maximum atomic E-state index is 13.4. The van der Waals surface area contributed by atoms with Crippen LogP contribution >= 0.6 is 0 Å². The first-order chi connectivity index (χ1) is 14.2. The summed E-state index contributed by atoms with van der Waals surface area (Å²) in [5, 5.41) is 13.7. The van der Waals surface area contributed by atoms with Gasteiger partial charge in [0.15, 0.2) is 0 Å². The summed E-state index contributed by atoms with van der Waals surface area (Å²) in [7, 11) is 0. The topological polar surface area (TPSA) is 81.0 Å². The predicted molar refractivity (Wildman–Crippen MR) is 110 cm³/mol. The van der Waals surface area contributed by atoms with E-state index in [1.165, 1.54) is 18.3 Å². The molecule has 4 rings (SSSR count). The van der Waals surface area contributed by atoms with Gasteiger partial charge in [0.05, 0.1) is 17.8 Å². The van der Waals surface area contributed by atoms with Gasteiger partial charge in [0, 0.05) is 16.5 Å². The summed E-state index contributed by atoms with van der Waals surface area (Å²) in [6, 6.07) is 22.4. The number of nitrogens with one attached hydrogen (secondary N) is 2. The molecule has 0 saturated carbocycles. The molecule has 4 aromatic rings. The van der Waals surface area contributed by atoms with E-state index in [1.807, 2.05) is 30.3 Å². The van der Waals surface area contributed by atoms with Crippen molar-refractivity contribution < 1.29 is 9.18 Å². The number of aromatic nitrogens is 1. The van der Waals surface area contributed by atoms with Crippen molar-refractivity contribution in [1.82, 2.24) is 10.4 Å². The number of nitriles is 1. The average Bonchev–Trinajstić information content (AvgIpc) is 3.14. The summed E-state index contributed by atoms with van der Waals surface area (Å²) >= 11 is 0. The van der Waals surface area contributed by atoms with Crippen LogP contribution in [0.3, 0.4) is 0 Å². The molecule has 0 fully saturated rings. The number of carbonyl (C=O) groups excluding carboxylic acids is 1. The highest BCUT2D eigenvalue weighted by atomic mass is 19.1. The zero-order valence-electron chi connectivity index (χ0n) is 15.2.